The van der Waals surface area contributed by atoms with Gasteiger partial charge in [-0.05, 0) is 0 Å². The van der Waals surface area contributed by atoms with Crippen molar-refractivity contribution in [1.82, 2.24) is 0 Å². The van der Waals surface area contributed by atoms with Crippen LogP contribution in [0.5, 0.6) is 0 Å². The van der Waals surface area contributed by atoms with E-state index in [9.17, 15) is 8.63 Å². The van der Waals surface area contributed by atoms with E-state index in [1.807, 2.05) is 18.2 Å². The summed E-state index contributed by atoms with van der Waals surface area (Å²) in [7, 11) is 0. The van der Waals surface area contributed by atoms with Crippen molar-refractivity contribution in [2.24, 2.45) is 46.3 Å². The summed E-state index contributed by atoms with van der Waals surface area (Å²) in [4.78, 5) is 11.8. The number of cyclic esters (lactones) is 1. The van der Waals surface area contributed by atoms with Crippen LogP contribution in [-0.2, 0) is 13.4 Å². The number of ether oxygens (including phenoxy) is 1. The van der Waals surface area contributed by atoms with Gasteiger partial charge in [0.1, 0.15) is 0 Å². The molecular weight excluding hydrogens is 487 g/mol. The second-order valence-electron chi connectivity index (χ2n) is 12.6. The van der Waals surface area contributed by atoms with E-state index in [1.54, 1.807) is 0 Å². The Hall–Kier alpha value is -0.991. The van der Waals surface area contributed by atoms with Crippen molar-refractivity contribution in [1.29, 1.82) is 0 Å². The number of rotatable bonds is 4. The second kappa shape index (κ2) is 9.15. The third-order valence-corrected chi connectivity index (χ3v) is 14.9. The molecule has 5 aliphatic rings. The van der Waals surface area contributed by atoms with Crippen molar-refractivity contribution in [2.45, 2.75) is 89.3 Å². The molecule has 0 N–H and O–H groups in total. The van der Waals surface area contributed by atoms with Gasteiger partial charge in [0.2, 0.25) is 0 Å². The van der Waals surface area contributed by atoms with Crippen LogP contribution in [0.25, 0.3) is 0 Å². The molecule has 2 unspecified atom stereocenters. The molecule has 9 atom stereocenters. The fourth-order valence-corrected chi connectivity index (χ4v) is 13.6. The van der Waals surface area contributed by atoms with Crippen LogP contribution in [0.3, 0.4) is 0 Å². The predicted octanol–water partition coefficient (Wildman–Crippen LogP) is 6.30. The summed E-state index contributed by atoms with van der Waals surface area (Å²) in [6.45, 7) is 3.25. The van der Waals surface area contributed by atoms with Gasteiger partial charge < -0.3 is 0 Å². The molecule has 0 amide bonds. The van der Waals surface area contributed by atoms with Gasteiger partial charge in [-0.15, -0.1) is 0 Å². The number of fused-ring (bicyclic) bond motifs is 5. The van der Waals surface area contributed by atoms with E-state index >= 15 is 0 Å². The van der Waals surface area contributed by atoms with Crippen molar-refractivity contribution >= 4 is 24.3 Å². The number of carbonyl (C=O) groups is 1. The molecule has 0 aromatic heterocycles. The maximum atomic E-state index is 13.9. The minimum absolute atomic E-state index is 0.0217. The Kier molecular flexibility index (Phi) is 6.30. The van der Waals surface area contributed by atoms with Gasteiger partial charge in [0.25, 0.3) is 0 Å². The first-order valence-electron chi connectivity index (χ1n) is 14.1. The maximum absolute atomic E-state index is 13.9. The Bertz CT molecular complexity index is 920. The molecule has 1 saturated heterocycles. The number of esters is 1. The molecule has 1 aromatic rings. The van der Waals surface area contributed by atoms with E-state index in [-0.39, 0.29) is 11.4 Å². The van der Waals surface area contributed by atoms with Crippen LogP contribution in [0, 0.1) is 46.3 Å². The van der Waals surface area contributed by atoms with Crippen LogP contribution in [0.15, 0.2) is 30.3 Å². The Labute approximate surface area is 209 Å². The molecule has 1 aliphatic heterocycles. The molecule has 0 radical (unpaired) electrons. The van der Waals surface area contributed by atoms with Gasteiger partial charge >= 0.3 is 210 Å². The van der Waals surface area contributed by atoms with E-state index in [0.29, 0.717) is 30.3 Å². The zero-order chi connectivity index (χ0) is 23.3. The van der Waals surface area contributed by atoms with Gasteiger partial charge in [-0.25, -0.2) is 0 Å². The molecular formula is C30H42O3Se. The van der Waals surface area contributed by atoms with E-state index in [0.717, 1.165) is 39.9 Å². The average Bonchev–Trinajstić information content (AvgIpc) is 3.24. The molecule has 34 heavy (non-hydrogen) atoms. The number of hydrogen-bond donors (Lipinski definition) is 0. The number of benzene rings is 1. The third kappa shape index (κ3) is 3.78. The predicted molar refractivity (Wildman–Crippen MR) is 135 cm³/mol. The molecule has 4 saturated carbocycles. The summed E-state index contributed by atoms with van der Waals surface area (Å²) in [6.07, 6.45) is 15.3. The zero-order valence-corrected chi connectivity index (χ0v) is 22.6. The van der Waals surface area contributed by atoms with Crippen LogP contribution in [0.1, 0.15) is 84.0 Å². The summed E-state index contributed by atoms with van der Waals surface area (Å²) in [5.74, 6) is 4.37. The van der Waals surface area contributed by atoms with Gasteiger partial charge in [0, 0.05) is 0 Å². The van der Waals surface area contributed by atoms with Crippen LogP contribution >= 0.6 is 0 Å². The number of hydrogen-bond acceptors (Lipinski definition) is 3. The first-order valence-corrected chi connectivity index (χ1v) is 16.9. The fourth-order valence-electron chi connectivity index (χ4n) is 10.0. The molecule has 4 aliphatic carbocycles. The van der Waals surface area contributed by atoms with Crippen LogP contribution in [0.2, 0.25) is 5.32 Å². The van der Waals surface area contributed by atoms with Crippen molar-refractivity contribution in [3.8, 4) is 0 Å². The Morgan fingerprint density at radius 1 is 0.912 bits per heavy atom. The van der Waals surface area contributed by atoms with Crippen LogP contribution < -0.4 is 4.46 Å². The monoisotopic (exact) mass is 530 g/mol. The van der Waals surface area contributed by atoms with Crippen LogP contribution in [-0.4, -0.2) is 26.4 Å². The minimum atomic E-state index is -2.11. The van der Waals surface area contributed by atoms with Crippen LogP contribution in [0.4, 0.5) is 0 Å². The standard InChI is InChI=1S/C30H42O3Se/c1-29-17-6-5-7-22(29)11-12-24-26(29)16-18-30(20-34(32)23-8-3-2-4-9-23)25(13-14-27(24)30)21-10-15-28(31)33-19-21/h2-4,8-9,21-22,24-27H,5-7,10-20H2,1H3/t21-,22?,24+,25+,26-,27+,29-,30-,34?/m0/s1. The molecule has 0 spiro atoms. The quantitative estimate of drug-likeness (QED) is 0.340. The second-order valence-corrected chi connectivity index (χ2v) is 15.7. The molecule has 1 heterocycles. The first-order chi connectivity index (χ1) is 16.5. The van der Waals surface area contributed by atoms with Gasteiger partial charge in [0.05, 0.1) is 0 Å². The van der Waals surface area contributed by atoms with Gasteiger partial charge in [-0.3, -0.25) is 0 Å². The Morgan fingerprint density at radius 2 is 1.74 bits per heavy atom. The molecule has 5 fully saturated rings. The Balaban J connectivity index is 1.33. The summed E-state index contributed by atoms with van der Waals surface area (Å²) in [5, 5.41) is 0.903. The third-order valence-electron chi connectivity index (χ3n) is 11.5. The summed E-state index contributed by atoms with van der Waals surface area (Å²) < 4.78 is 20.6. The Morgan fingerprint density at radius 3 is 2.53 bits per heavy atom. The van der Waals surface area contributed by atoms with Crippen molar-refractivity contribution < 1.29 is 13.4 Å². The SMILES string of the molecule is C[C@]12CCCCC1CC[C@H]1[C@H]3CC[C@H]([C@H]4CCC(=O)OC4)[C@@]3(C[Se](=O)c3ccccc3)CC[C@@H]12. The van der Waals surface area contributed by atoms with E-state index in [1.165, 1.54) is 64.2 Å². The first kappa shape index (κ1) is 23.4. The normalized spacial score (nSPS) is 44.9. The fraction of sp³-hybridized carbons (Fsp3) is 0.767. The van der Waals surface area contributed by atoms with Gasteiger partial charge in [-0.1, -0.05) is 0 Å². The van der Waals surface area contributed by atoms with E-state index in [4.69, 9.17) is 4.74 Å². The molecule has 4 heteroatoms. The molecule has 0 bridgehead atoms. The van der Waals surface area contributed by atoms with Crippen molar-refractivity contribution in [3.63, 3.8) is 0 Å². The average molecular weight is 530 g/mol. The van der Waals surface area contributed by atoms with Crippen molar-refractivity contribution in [2.75, 3.05) is 6.61 Å². The van der Waals surface area contributed by atoms with E-state index in [2.05, 4.69) is 19.1 Å². The van der Waals surface area contributed by atoms with Gasteiger partial charge in [-0.2, -0.15) is 0 Å². The molecule has 186 valence electrons. The van der Waals surface area contributed by atoms with Gasteiger partial charge in [0.15, 0.2) is 0 Å². The number of carbonyl (C=O) groups excluding carboxylic acids is 1. The zero-order valence-electron chi connectivity index (χ0n) is 20.9. The topological polar surface area (TPSA) is 43.4 Å². The molecule has 6 rings (SSSR count). The molecule has 3 nitrogen and oxygen atoms in total. The van der Waals surface area contributed by atoms with E-state index < -0.39 is 13.8 Å². The summed E-state index contributed by atoms with van der Waals surface area (Å²) in [5.41, 5.74) is 0.730. The summed E-state index contributed by atoms with van der Waals surface area (Å²) in [6, 6.07) is 10.3. The molecule has 1 aromatic carbocycles. The summed E-state index contributed by atoms with van der Waals surface area (Å²) >= 11 is -2.11. The van der Waals surface area contributed by atoms with Crippen molar-refractivity contribution in [3.05, 3.63) is 30.3 Å².